The Morgan fingerprint density at radius 3 is 3.11 bits per heavy atom. The van der Waals surface area contributed by atoms with Crippen LogP contribution >= 0.6 is 0 Å². The molecule has 0 saturated heterocycles. The molecular weight excluding hydrogens is 236 g/mol. The maximum absolute atomic E-state index is 4.46. The van der Waals surface area contributed by atoms with Crippen molar-refractivity contribution in [3.63, 3.8) is 0 Å². The molecular formula is C15H18N4. The molecule has 2 aromatic heterocycles. The highest BCUT2D eigenvalue weighted by Crippen LogP contribution is 2.25. The molecule has 1 unspecified atom stereocenters. The second kappa shape index (κ2) is 4.88. The highest BCUT2D eigenvalue weighted by molar-refractivity contribution is 5.91. The van der Waals surface area contributed by atoms with E-state index in [4.69, 9.17) is 0 Å². The largest absolute Gasteiger partial charge is 0.366 e. The van der Waals surface area contributed by atoms with Gasteiger partial charge < -0.3 is 5.32 Å². The lowest BCUT2D eigenvalue weighted by Gasteiger charge is -2.23. The number of fused-ring (bicyclic) bond motifs is 1. The minimum atomic E-state index is 0.341. The molecule has 4 nitrogen and oxygen atoms in total. The topological polar surface area (TPSA) is 53.6 Å². The third-order valence-corrected chi connectivity index (χ3v) is 3.68. The summed E-state index contributed by atoms with van der Waals surface area (Å²) in [4.78, 5) is 4.46. The summed E-state index contributed by atoms with van der Waals surface area (Å²) in [6.45, 7) is 4.20. The first-order valence-electron chi connectivity index (χ1n) is 6.65. The van der Waals surface area contributed by atoms with Crippen LogP contribution in [0.1, 0.15) is 19.0 Å². The number of aryl methyl sites for hydroxylation is 1. The number of allylic oxidation sites excluding steroid dienone is 3. The molecule has 0 fully saturated rings. The van der Waals surface area contributed by atoms with Crippen molar-refractivity contribution in [2.45, 2.75) is 26.3 Å². The lowest BCUT2D eigenvalue weighted by molar-refractivity contribution is 0.567. The average molecular weight is 254 g/mol. The van der Waals surface area contributed by atoms with Crippen LogP contribution in [0, 0.1) is 12.8 Å². The number of pyridine rings is 1. The van der Waals surface area contributed by atoms with Crippen LogP contribution in [0.25, 0.3) is 10.9 Å². The maximum Gasteiger partial charge on any atom is 0.137 e. The van der Waals surface area contributed by atoms with Crippen molar-refractivity contribution < 1.29 is 0 Å². The fourth-order valence-corrected chi connectivity index (χ4v) is 2.52. The molecule has 2 N–H and O–H groups in total. The fraction of sp³-hybridized carbons (Fsp3) is 0.333. The van der Waals surface area contributed by atoms with Crippen molar-refractivity contribution >= 4 is 16.7 Å². The predicted molar refractivity (Wildman–Crippen MR) is 78.1 cm³/mol. The Balaban J connectivity index is 1.86. The van der Waals surface area contributed by atoms with Crippen LogP contribution in [0.4, 0.5) is 5.82 Å². The molecule has 0 radical (unpaired) electrons. The number of aromatic amines is 1. The van der Waals surface area contributed by atoms with E-state index in [9.17, 15) is 0 Å². The van der Waals surface area contributed by atoms with Crippen molar-refractivity contribution in [1.82, 2.24) is 15.2 Å². The second-order valence-corrected chi connectivity index (χ2v) is 5.04. The molecule has 3 rings (SSSR count). The number of rotatable bonds is 3. The molecule has 0 amide bonds. The molecule has 1 aliphatic rings. The second-order valence-electron chi connectivity index (χ2n) is 5.04. The average Bonchev–Trinajstić information content (AvgIpc) is 2.83. The SMILES string of the molecule is Cc1n[nH]c2ccnc(N[C@H](C)C3C=CC=CC3)c12. The van der Waals surface area contributed by atoms with Gasteiger partial charge in [0.25, 0.3) is 0 Å². The Hall–Kier alpha value is -2.10. The van der Waals surface area contributed by atoms with E-state index in [1.54, 1.807) is 0 Å². The molecule has 2 atom stereocenters. The number of H-pyrrole nitrogens is 1. The summed E-state index contributed by atoms with van der Waals surface area (Å²) in [5.41, 5.74) is 2.01. The van der Waals surface area contributed by atoms with Gasteiger partial charge in [-0.25, -0.2) is 4.98 Å². The van der Waals surface area contributed by atoms with E-state index in [0.717, 1.165) is 28.8 Å². The summed E-state index contributed by atoms with van der Waals surface area (Å²) in [5.74, 6) is 1.42. The zero-order valence-corrected chi connectivity index (χ0v) is 11.2. The van der Waals surface area contributed by atoms with Gasteiger partial charge in [0, 0.05) is 18.2 Å². The van der Waals surface area contributed by atoms with Crippen LogP contribution in [0.5, 0.6) is 0 Å². The first-order chi connectivity index (χ1) is 9.25. The van der Waals surface area contributed by atoms with Crippen LogP contribution in [-0.2, 0) is 0 Å². The van der Waals surface area contributed by atoms with Crippen LogP contribution in [0.3, 0.4) is 0 Å². The molecule has 1 aliphatic carbocycles. The highest BCUT2D eigenvalue weighted by Gasteiger charge is 2.17. The Morgan fingerprint density at radius 1 is 1.42 bits per heavy atom. The normalized spacial score (nSPS) is 19.8. The molecule has 98 valence electrons. The monoisotopic (exact) mass is 254 g/mol. The van der Waals surface area contributed by atoms with Gasteiger partial charge in [0.2, 0.25) is 0 Å². The number of anilines is 1. The van der Waals surface area contributed by atoms with Crippen molar-refractivity contribution in [1.29, 1.82) is 0 Å². The van der Waals surface area contributed by atoms with Crippen molar-refractivity contribution in [3.05, 3.63) is 42.3 Å². The molecule has 0 saturated carbocycles. The van der Waals surface area contributed by atoms with Gasteiger partial charge in [-0.1, -0.05) is 24.3 Å². The number of nitrogens with one attached hydrogen (secondary N) is 2. The van der Waals surface area contributed by atoms with E-state index >= 15 is 0 Å². The van der Waals surface area contributed by atoms with Crippen LogP contribution in [-0.4, -0.2) is 21.2 Å². The van der Waals surface area contributed by atoms with Gasteiger partial charge in [0.05, 0.1) is 16.6 Å². The quantitative estimate of drug-likeness (QED) is 0.884. The highest BCUT2D eigenvalue weighted by atomic mass is 15.1. The Bertz CT molecular complexity index is 639. The number of nitrogens with zero attached hydrogens (tertiary/aromatic N) is 2. The summed E-state index contributed by atoms with van der Waals surface area (Å²) in [5, 5.41) is 11.9. The third kappa shape index (κ3) is 2.26. The number of aromatic nitrogens is 3. The van der Waals surface area contributed by atoms with Crippen LogP contribution in [0.2, 0.25) is 0 Å². The number of hydrogen-bond acceptors (Lipinski definition) is 3. The molecule has 2 heterocycles. The maximum atomic E-state index is 4.46. The molecule has 4 heteroatoms. The van der Waals surface area contributed by atoms with E-state index in [0.29, 0.717) is 12.0 Å². The van der Waals surface area contributed by atoms with Crippen LogP contribution < -0.4 is 5.32 Å². The standard InChI is InChI=1S/C15H18N4/c1-10(12-6-4-3-5-7-12)17-15-14-11(2)18-19-13(14)8-9-16-15/h3-6,8-10,12H,7H2,1-2H3,(H,16,17)(H,18,19)/t10-,12?/m1/s1. The summed E-state index contributed by atoms with van der Waals surface area (Å²) in [6.07, 6.45) is 11.6. The van der Waals surface area contributed by atoms with Gasteiger partial charge in [-0.2, -0.15) is 5.10 Å². The summed E-state index contributed by atoms with van der Waals surface area (Å²) in [7, 11) is 0. The van der Waals surface area contributed by atoms with Gasteiger partial charge in [-0.15, -0.1) is 0 Å². The summed E-state index contributed by atoms with van der Waals surface area (Å²) in [6, 6.07) is 2.29. The molecule has 0 aromatic carbocycles. The zero-order valence-electron chi connectivity index (χ0n) is 11.2. The Labute approximate surface area is 112 Å². The van der Waals surface area contributed by atoms with E-state index in [2.05, 4.69) is 51.7 Å². The number of hydrogen-bond donors (Lipinski definition) is 2. The molecule has 0 aliphatic heterocycles. The van der Waals surface area contributed by atoms with E-state index < -0.39 is 0 Å². The van der Waals surface area contributed by atoms with Gasteiger partial charge >= 0.3 is 0 Å². The van der Waals surface area contributed by atoms with Crippen molar-refractivity contribution in [3.8, 4) is 0 Å². The minimum Gasteiger partial charge on any atom is -0.366 e. The third-order valence-electron chi connectivity index (χ3n) is 3.68. The molecule has 2 aromatic rings. The van der Waals surface area contributed by atoms with Gasteiger partial charge in [-0.3, -0.25) is 5.10 Å². The molecule has 19 heavy (non-hydrogen) atoms. The van der Waals surface area contributed by atoms with Gasteiger partial charge in [0.1, 0.15) is 5.82 Å². The zero-order chi connectivity index (χ0) is 13.2. The summed E-state index contributed by atoms with van der Waals surface area (Å²) < 4.78 is 0. The fourth-order valence-electron chi connectivity index (χ4n) is 2.52. The smallest absolute Gasteiger partial charge is 0.137 e. The first-order valence-corrected chi connectivity index (χ1v) is 6.65. The Morgan fingerprint density at radius 2 is 2.32 bits per heavy atom. The first kappa shape index (κ1) is 12.0. The van der Waals surface area contributed by atoms with Gasteiger partial charge in [-0.05, 0) is 26.3 Å². The molecule has 0 bridgehead atoms. The van der Waals surface area contributed by atoms with E-state index in [1.165, 1.54) is 0 Å². The predicted octanol–water partition coefficient (Wildman–Crippen LogP) is 3.20. The minimum absolute atomic E-state index is 0.341. The van der Waals surface area contributed by atoms with Crippen molar-refractivity contribution in [2.24, 2.45) is 5.92 Å². The lowest BCUT2D eigenvalue weighted by atomic mass is 9.94. The Kier molecular flexibility index (Phi) is 3.07. The van der Waals surface area contributed by atoms with Crippen LogP contribution in [0.15, 0.2) is 36.6 Å². The van der Waals surface area contributed by atoms with E-state index in [-0.39, 0.29) is 0 Å². The van der Waals surface area contributed by atoms with Gasteiger partial charge in [0.15, 0.2) is 0 Å². The van der Waals surface area contributed by atoms with Crippen molar-refractivity contribution in [2.75, 3.05) is 5.32 Å². The van der Waals surface area contributed by atoms with E-state index in [1.807, 2.05) is 19.2 Å². The molecule has 0 spiro atoms. The summed E-state index contributed by atoms with van der Waals surface area (Å²) >= 11 is 0. The lowest BCUT2D eigenvalue weighted by Crippen LogP contribution is -2.25.